The summed E-state index contributed by atoms with van der Waals surface area (Å²) in [6, 6.07) is 3.49. The van der Waals surface area contributed by atoms with E-state index in [9.17, 15) is 13.2 Å². The van der Waals surface area contributed by atoms with Gasteiger partial charge in [0.15, 0.2) is 0 Å². The van der Waals surface area contributed by atoms with Gasteiger partial charge < -0.3 is 15.6 Å². The van der Waals surface area contributed by atoms with Gasteiger partial charge in [-0.2, -0.15) is 0 Å². The number of sulfonamides is 1. The first-order valence-electron chi connectivity index (χ1n) is 9.05. The number of piperidine rings is 1. The smallest absolute Gasteiger partial charge is 0.250 e. The van der Waals surface area contributed by atoms with Crippen LogP contribution in [0.3, 0.4) is 0 Å². The maximum Gasteiger partial charge on any atom is 0.250 e. The van der Waals surface area contributed by atoms with Gasteiger partial charge in [0, 0.05) is 41.3 Å². The van der Waals surface area contributed by atoms with Crippen molar-refractivity contribution in [3.8, 4) is 0 Å². The predicted molar refractivity (Wildman–Crippen MR) is 108 cm³/mol. The summed E-state index contributed by atoms with van der Waals surface area (Å²) in [6.45, 7) is 7.06. The van der Waals surface area contributed by atoms with Crippen molar-refractivity contribution in [2.45, 2.75) is 39.7 Å². The monoisotopic (exact) mass is 390 g/mol. The molecule has 1 aromatic heterocycles. The number of carbonyl (C=O) groups excluding carboxylic acids is 1. The summed E-state index contributed by atoms with van der Waals surface area (Å²) in [6.07, 6.45) is 3.19. The Balaban J connectivity index is 1.98. The van der Waals surface area contributed by atoms with E-state index in [1.165, 1.54) is 11.5 Å². The summed E-state index contributed by atoms with van der Waals surface area (Å²) < 4.78 is 26.9. The molecule has 0 saturated carbocycles. The van der Waals surface area contributed by atoms with Crippen molar-refractivity contribution in [1.82, 2.24) is 9.71 Å². The molecule has 2 aromatic rings. The lowest BCUT2D eigenvalue weighted by atomic mass is 10.0. The molecule has 1 aromatic carbocycles. The topological polar surface area (TPSA) is 108 Å². The van der Waals surface area contributed by atoms with Crippen LogP contribution in [0.15, 0.2) is 23.6 Å². The zero-order valence-corrected chi connectivity index (χ0v) is 16.7. The Bertz CT molecular complexity index is 1010. The van der Waals surface area contributed by atoms with Crippen molar-refractivity contribution in [1.29, 1.82) is 0 Å². The molecular formula is C19H26N4O3S. The quantitative estimate of drug-likeness (QED) is 0.728. The van der Waals surface area contributed by atoms with Gasteiger partial charge in [-0.15, -0.1) is 0 Å². The average Bonchev–Trinajstić information content (AvgIpc) is 2.89. The molecule has 7 nitrogen and oxygen atoms in total. The number of hydrogen-bond donors (Lipinski definition) is 3. The molecule has 27 heavy (non-hydrogen) atoms. The van der Waals surface area contributed by atoms with Crippen LogP contribution in [-0.2, 0) is 10.0 Å². The predicted octanol–water partition coefficient (Wildman–Crippen LogP) is 2.31. The molecule has 1 aliphatic rings. The third-order valence-electron chi connectivity index (χ3n) is 5.11. The van der Waals surface area contributed by atoms with Gasteiger partial charge in [0.2, 0.25) is 10.0 Å². The second-order valence-electron chi connectivity index (χ2n) is 7.04. The number of primary amides is 1. The summed E-state index contributed by atoms with van der Waals surface area (Å²) in [5.74, 6) is -0.469. The number of allylic oxidation sites excluding steroid dienone is 1. The van der Waals surface area contributed by atoms with Gasteiger partial charge in [0.25, 0.3) is 5.91 Å². The first-order chi connectivity index (χ1) is 12.7. The maximum atomic E-state index is 12.1. The molecule has 3 rings (SSSR count). The highest BCUT2D eigenvalue weighted by Gasteiger charge is 2.26. The zero-order valence-electron chi connectivity index (χ0n) is 15.9. The number of nitrogens with two attached hydrogens (primary N) is 1. The molecule has 0 unspecified atom stereocenters. The standard InChI is InChI=1S/C19H26N4O3S/c1-4-10-27(25,26)22-14-6-5-9-23(11-14)16-8-7-15(19(20)24)18-17(16)12(2)13(3)21-18/h4,7-8,10,14,21-22H,5-6,9,11H2,1-3H3,(H2,20,24)/t14-/m1/s1. The van der Waals surface area contributed by atoms with Crippen LogP contribution in [0.2, 0.25) is 0 Å². The van der Waals surface area contributed by atoms with Crippen molar-refractivity contribution in [3.05, 3.63) is 40.4 Å². The van der Waals surface area contributed by atoms with Crippen LogP contribution in [0.5, 0.6) is 0 Å². The molecule has 1 fully saturated rings. The fraction of sp³-hybridized carbons (Fsp3) is 0.421. The second kappa shape index (κ2) is 7.36. The van der Waals surface area contributed by atoms with E-state index in [4.69, 9.17) is 5.73 Å². The summed E-state index contributed by atoms with van der Waals surface area (Å²) in [7, 11) is -3.43. The number of aromatic nitrogens is 1. The van der Waals surface area contributed by atoms with Gasteiger partial charge in [-0.1, -0.05) is 6.08 Å². The SMILES string of the molecule is CC=CS(=O)(=O)N[C@@H]1CCCN(c2ccc(C(N)=O)c3[nH]c(C)c(C)c23)C1. The van der Waals surface area contributed by atoms with E-state index in [0.717, 1.165) is 47.2 Å². The van der Waals surface area contributed by atoms with Crippen molar-refractivity contribution >= 4 is 32.5 Å². The van der Waals surface area contributed by atoms with Crippen LogP contribution in [-0.4, -0.2) is 38.4 Å². The Morgan fingerprint density at radius 2 is 2.11 bits per heavy atom. The average molecular weight is 391 g/mol. The first-order valence-corrected chi connectivity index (χ1v) is 10.6. The van der Waals surface area contributed by atoms with Crippen molar-refractivity contribution in [3.63, 3.8) is 0 Å². The van der Waals surface area contributed by atoms with E-state index >= 15 is 0 Å². The number of nitrogens with zero attached hydrogens (tertiary/aromatic N) is 1. The molecule has 2 heterocycles. The van der Waals surface area contributed by atoms with E-state index in [1.807, 2.05) is 19.9 Å². The van der Waals surface area contributed by atoms with Crippen molar-refractivity contribution < 1.29 is 13.2 Å². The molecule has 1 atom stereocenters. The van der Waals surface area contributed by atoms with Crippen molar-refractivity contribution in [2.75, 3.05) is 18.0 Å². The maximum absolute atomic E-state index is 12.1. The lowest BCUT2D eigenvalue weighted by Crippen LogP contribution is -2.47. The largest absolute Gasteiger partial charge is 0.369 e. The minimum Gasteiger partial charge on any atom is -0.369 e. The minimum atomic E-state index is -3.43. The molecule has 0 spiro atoms. The molecule has 8 heteroatoms. The van der Waals surface area contributed by atoms with Crippen LogP contribution in [0.1, 0.15) is 41.4 Å². The van der Waals surface area contributed by atoms with E-state index in [1.54, 1.807) is 13.0 Å². The normalized spacial score (nSPS) is 18.5. The highest BCUT2D eigenvalue weighted by molar-refractivity contribution is 7.92. The van der Waals surface area contributed by atoms with Crippen LogP contribution >= 0.6 is 0 Å². The molecule has 1 saturated heterocycles. The Morgan fingerprint density at radius 1 is 1.37 bits per heavy atom. The van der Waals surface area contributed by atoms with Crippen LogP contribution in [0, 0.1) is 13.8 Å². The van der Waals surface area contributed by atoms with Crippen molar-refractivity contribution in [2.24, 2.45) is 5.73 Å². The number of hydrogen-bond acceptors (Lipinski definition) is 4. The fourth-order valence-electron chi connectivity index (χ4n) is 3.78. The lowest BCUT2D eigenvalue weighted by Gasteiger charge is -2.35. The van der Waals surface area contributed by atoms with Gasteiger partial charge in [-0.05, 0) is 51.3 Å². The Hall–Kier alpha value is -2.32. The summed E-state index contributed by atoms with van der Waals surface area (Å²) >= 11 is 0. The number of fused-ring (bicyclic) bond motifs is 1. The van der Waals surface area contributed by atoms with E-state index in [-0.39, 0.29) is 6.04 Å². The molecule has 1 aliphatic heterocycles. The van der Waals surface area contributed by atoms with Gasteiger partial charge in [0.05, 0.1) is 11.1 Å². The van der Waals surface area contributed by atoms with Gasteiger partial charge in [-0.3, -0.25) is 4.79 Å². The number of nitrogens with one attached hydrogen (secondary N) is 2. The van der Waals surface area contributed by atoms with E-state index < -0.39 is 15.9 Å². The summed E-state index contributed by atoms with van der Waals surface area (Å²) in [5.41, 5.74) is 9.79. The lowest BCUT2D eigenvalue weighted by molar-refractivity contribution is 0.100. The molecule has 0 aliphatic carbocycles. The highest BCUT2D eigenvalue weighted by Crippen LogP contribution is 2.35. The minimum absolute atomic E-state index is 0.161. The third-order valence-corrected chi connectivity index (χ3v) is 6.40. The number of aryl methyl sites for hydroxylation is 2. The number of aromatic amines is 1. The van der Waals surface area contributed by atoms with Gasteiger partial charge in [0.1, 0.15) is 0 Å². The number of rotatable bonds is 5. The highest BCUT2D eigenvalue weighted by atomic mass is 32.2. The van der Waals surface area contributed by atoms with Crippen LogP contribution in [0.25, 0.3) is 10.9 Å². The van der Waals surface area contributed by atoms with E-state index in [0.29, 0.717) is 12.1 Å². The van der Waals surface area contributed by atoms with Gasteiger partial charge >= 0.3 is 0 Å². The molecule has 0 bridgehead atoms. The summed E-state index contributed by atoms with van der Waals surface area (Å²) in [4.78, 5) is 17.3. The zero-order chi connectivity index (χ0) is 19.8. The number of amides is 1. The molecule has 1 amide bonds. The Morgan fingerprint density at radius 3 is 2.78 bits per heavy atom. The fourth-order valence-corrected chi connectivity index (χ4v) is 4.88. The number of anilines is 1. The Kier molecular flexibility index (Phi) is 5.30. The molecule has 4 N–H and O–H groups in total. The Labute approximate surface area is 159 Å². The first kappa shape index (κ1) is 19.4. The number of H-pyrrole nitrogens is 1. The van der Waals surface area contributed by atoms with Gasteiger partial charge in [-0.25, -0.2) is 13.1 Å². The number of carbonyl (C=O) groups is 1. The molecule has 0 radical (unpaired) electrons. The van der Waals surface area contributed by atoms with E-state index in [2.05, 4.69) is 14.6 Å². The molecule has 146 valence electrons. The third kappa shape index (κ3) is 3.86. The van der Waals surface area contributed by atoms with Crippen LogP contribution in [0.4, 0.5) is 5.69 Å². The molecular weight excluding hydrogens is 364 g/mol. The van der Waals surface area contributed by atoms with Crippen LogP contribution < -0.4 is 15.4 Å². The summed E-state index contributed by atoms with van der Waals surface area (Å²) in [5, 5.41) is 2.16. The number of benzene rings is 1. The second-order valence-corrected chi connectivity index (χ2v) is 8.64.